The Balaban J connectivity index is 2.41. The second-order valence-electron chi connectivity index (χ2n) is 3.57. The molecule has 2 atom stereocenters. The molecule has 2 N–H and O–H groups in total. The number of hydrogen-bond donors (Lipinski definition) is 1. The number of ether oxygens (including phenoxy) is 1. The smallest absolute Gasteiger partial charge is 0.245 e. The Morgan fingerprint density at radius 2 is 2.00 bits per heavy atom. The molecule has 2 unspecified atom stereocenters. The Morgan fingerprint density at radius 3 is 2.50 bits per heavy atom. The summed E-state index contributed by atoms with van der Waals surface area (Å²) in [5.74, 6) is -2.53. The van der Waals surface area contributed by atoms with E-state index in [1.807, 2.05) is 0 Å². The molecule has 0 bridgehead atoms. The molecule has 0 aromatic carbocycles. The maximum absolute atomic E-state index is 12.6. The van der Waals surface area contributed by atoms with E-state index in [4.69, 9.17) is 10.5 Å². The van der Waals surface area contributed by atoms with Crippen molar-refractivity contribution in [3.05, 3.63) is 0 Å². The maximum atomic E-state index is 12.6. The first-order valence-corrected chi connectivity index (χ1v) is 4.18. The monoisotopic (exact) mass is 179 g/mol. The fraction of sp³-hybridized carbons (Fsp3) is 1.00. The fourth-order valence-corrected chi connectivity index (χ4v) is 1.59. The molecular formula is C8H15F2NO. The first kappa shape index (κ1) is 9.86. The molecule has 1 heterocycles. The fourth-order valence-electron chi connectivity index (χ4n) is 1.59. The Morgan fingerprint density at radius 1 is 1.42 bits per heavy atom. The molecule has 2 nitrogen and oxygen atoms in total. The lowest BCUT2D eigenvalue weighted by Gasteiger charge is -2.19. The number of rotatable bonds is 3. The SMILES string of the molecule is CC(F)(F)CC1COCC1CN. The van der Waals surface area contributed by atoms with Gasteiger partial charge < -0.3 is 10.5 Å². The van der Waals surface area contributed by atoms with E-state index in [-0.39, 0.29) is 18.3 Å². The van der Waals surface area contributed by atoms with Crippen molar-refractivity contribution in [1.29, 1.82) is 0 Å². The molecule has 1 aliphatic rings. The third-order valence-electron chi connectivity index (χ3n) is 2.25. The third-order valence-corrected chi connectivity index (χ3v) is 2.25. The summed E-state index contributed by atoms with van der Waals surface area (Å²) in [6.45, 7) is 2.36. The summed E-state index contributed by atoms with van der Waals surface area (Å²) in [7, 11) is 0. The molecule has 1 saturated heterocycles. The summed E-state index contributed by atoms with van der Waals surface area (Å²) < 4.78 is 30.3. The second-order valence-corrected chi connectivity index (χ2v) is 3.57. The lowest BCUT2D eigenvalue weighted by molar-refractivity contribution is -0.00870. The zero-order chi connectivity index (χ0) is 9.19. The number of halogens is 2. The molecule has 0 aliphatic carbocycles. The molecule has 1 aliphatic heterocycles. The van der Waals surface area contributed by atoms with Crippen molar-refractivity contribution in [2.24, 2.45) is 17.6 Å². The lowest BCUT2D eigenvalue weighted by Crippen LogP contribution is -2.26. The van der Waals surface area contributed by atoms with Crippen LogP contribution in [0.25, 0.3) is 0 Å². The second kappa shape index (κ2) is 3.66. The molecule has 4 heteroatoms. The molecule has 0 aromatic rings. The number of nitrogens with two attached hydrogens (primary N) is 1. The van der Waals surface area contributed by atoms with Crippen molar-refractivity contribution in [3.63, 3.8) is 0 Å². The first-order chi connectivity index (χ1) is 5.53. The highest BCUT2D eigenvalue weighted by Crippen LogP contribution is 2.30. The predicted molar refractivity (Wildman–Crippen MR) is 42.1 cm³/mol. The number of hydrogen-bond acceptors (Lipinski definition) is 2. The Hall–Kier alpha value is -0.220. The minimum atomic E-state index is -2.59. The molecule has 0 saturated carbocycles. The van der Waals surface area contributed by atoms with E-state index in [1.54, 1.807) is 0 Å². The molecule has 72 valence electrons. The first-order valence-electron chi connectivity index (χ1n) is 4.18. The predicted octanol–water partition coefficient (Wildman–Crippen LogP) is 1.25. The van der Waals surface area contributed by atoms with Crippen LogP contribution in [0.1, 0.15) is 13.3 Å². The molecular weight excluding hydrogens is 164 g/mol. The summed E-state index contributed by atoms with van der Waals surface area (Å²) in [6, 6.07) is 0. The molecule has 0 radical (unpaired) electrons. The van der Waals surface area contributed by atoms with Gasteiger partial charge in [0, 0.05) is 6.42 Å². The van der Waals surface area contributed by atoms with Crippen molar-refractivity contribution in [2.75, 3.05) is 19.8 Å². The lowest BCUT2D eigenvalue weighted by atomic mass is 9.91. The van der Waals surface area contributed by atoms with E-state index in [0.717, 1.165) is 6.92 Å². The minimum Gasteiger partial charge on any atom is -0.381 e. The van der Waals surface area contributed by atoms with Crippen LogP contribution < -0.4 is 5.73 Å². The summed E-state index contributed by atoms with van der Waals surface area (Å²) in [4.78, 5) is 0. The van der Waals surface area contributed by atoms with E-state index in [1.165, 1.54) is 0 Å². The van der Waals surface area contributed by atoms with Gasteiger partial charge in [-0.15, -0.1) is 0 Å². The highest BCUT2D eigenvalue weighted by Gasteiger charge is 2.34. The van der Waals surface area contributed by atoms with Crippen molar-refractivity contribution in [1.82, 2.24) is 0 Å². The molecule has 0 aromatic heterocycles. The van der Waals surface area contributed by atoms with Crippen molar-refractivity contribution in [2.45, 2.75) is 19.3 Å². The van der Waals surface area contributed by atoms with Gasteiger partial charge in [-0.2, -0.15) is 0 Å². The average Bonchev–Trinajstić information content (AvgIpc) is 2.31. The van der Waals surface area contributed by atoms with Crippen LogP contribution in [0.15, 0.2) is 0 Å². The molecule has 1 rings (SSSR count). The quantitative estimate of drug-likeness (QED) is 0.707. The topological polar surface area (TPSA) is 35.2 Å². The Labute approximate surface area is 71.1 Å². The van der Waals surface area contributed by atoms with Crippen LogP contribution in [-0.4, -0.2) is 25.7 Å². The summed E-state index contributed by atoms with van der Waals surface area (Å²) in [6.07, 6.45) is -0.102. The molecule has 0 spiro atoms. The Bertz CT molecular complexity index is 146. The zero-order valence-corrected chi connectivity index (χ0v) is 7.22. The zero-order valence-electron chi connectivity index (χ0n) is 7.22. The van der Waals surface area contributed by atoms with E-state index < -0.39 is 5.92 Å². The van der Waals surface area contributed by atoms with Gasteiger partial charge in [-0.1, -0.05) is 0 Å². The van der Waals surface area contributed by atoms with Gasteiger partial charge in [0.05, 0.1) is 13.2 Å². The van der Waals surface area contributed by atoms with Gasteiger partial charge in [-0.05, 0) is 25.3 Å². The summed E-state index contributed by atoms with van der Waals surface area (Å²) >= 11 is 0. The molecule has 12 heavy (non-hydrogen) atoms. The van der Waals surface area contributed by atoms with Crippen molar-refractivity contribution < 1.29 is 13.5 Å². The third kappa shape index (κ3) is 2.68. The van der Waals surface area contributed by atoms with Crippen molar-refractivity contribution in [3.8, 4) is 0 Å². The van der Waals surface area contributed by atoms with Crippen LogP contribution in [0.2, 0.25) is 0 Å². The minimum absolute atomic E-state index is 0.0602. The van der Waals surface area contributed by atoms with Crippen LogP contribution in [-0.2, 0) is 4.74 Å². The summed E-state index contributed by atoms with van der Waals surface area (Å²) in [5, 5.41) is 0. The van der Waals surface area contributed by atoms with Crippen molar-refractivity contribution >= 4 is 0 Å². The maximum Gasteiger partial charge on any atom is 0.245 e. The Kier molecular flexibility index (Phi) is 3.01. The number of alkyl halides is 2. The highest BCUT2D eigenvalue weighted by atomic mass is 19.3. The van der Waals surface area contributed by atoms with Crippen LogP contribution in [0, 0.1) is 11.8 Å². The van der Waals surface area contributed by atoms with E-state index in [9.17, 15) is 8.78 Å². The molecule has 0 amide bonds. The van der Waals surface area contributed by atoms with Crippen LogP contribution in [0.5, 0.6) is 0 Å². The van der Waals surface area contributed by atoms with Gasteiger partial charge >= 0.3 is 0 Å². The average molecular weight is 179 g/mol. The van der Waals surface area contributed by atoms with Gasteiger partial charge in [0.1, 0.15) is 0 Å². The van der Waals surface area contributed by atoms with Gasteiger partial charge in [-0.3, -0.25) is 0 Å². The summed E-state index contributed by atoms with van der Waals surface area (Å²) in [5.41, 5.74) is 5.42. The van der Waals surface area contributed by atoms with Gasteiger partial charge in [0.15, 0.2) is 0 Å². The largest absolute Gasteiger partial charge is 0.381 e. The van der Waals surface area contributed by atoms with Crippen LogP contribution in [0.3, 0.4) is 0 Å². The molecule has 1 fully saturated rings. The standard InChI is InChI=1S/C8H15F2NO/c1-8(9,10)2-6-4-12-5-7(6)3-11/h6-7H,2-5,11H2,1H3. The van der Waals surface area contributed by atoms with E-state index in [0.29, 0.717) is 19.8 Å². The van der Waals surface area contributed by atoms with Crippen LogP contribution >= 0.6 is 0 Å². The van der Waals surface area contributed by atoms with Gasteiger partial charge in [-0.25, -0.2) is 8.78 Å². The van der Waals surface area contributed by atoms with E-state index in [2.05, 4.69) is 0 Å². The van der Waals surface area contributed by atoms with Crippen LogP contribution in [0.4, 0.5) is 8.78 Å². The van der Waals surface area contributed by atoms with E-state index >= 15 is 0 Å². The highest BCUT2D eigenvalue weighted by molar-refractivity contribution is 4.79. The van der Waals surface area contributed by atoms with Gasteiger partial charge in [0.25, 0.3) is 0 Å². The normalized spacial score (nSPS) is 31.0. The van der Waals surface area contributed by atoms with Gasteiger partial charge in [0.2, 0.25) is 5.92 Å².